The maximum absolute atomic E-state index is 2.89. The van der Waals surface area contributed by atoms with Crippen LogP contribution in [0.4, 0.5) is 0 Å². The first-order valence-corrected chi connectivity index (χ1v) is 29.0. The second-order valence-electron chi connectivity index (χ2n) is 15.2. The van der Waals surface area contributed by atoms with Crippen molar-refractivity contribution in [3.05, 3.63) is 0 Å². The van der Waals surface area contributed by atoms with Gasteiger partial charge in [0.15, 0.2) is 0 Å². The molecule has 0 aliphatic heterocycles. The van der Waals surface area contributed by atoms with Crippen molar-refractivity contribution in [2.45, 2.75) is 119 Å². The van der Waals surface area contributed by atoms with Crippen LogP contribution in [-0.2, 0) is 0 Å². The predicted molar refractivity (Wildman–Crippen MR) is 188 cm³/mol. The molecule has 0 aliphatic carbocycles. The van der Waals surface area contributed by atoms with Gasteiger partial charge in [-0.25, -0.2) is 0 Å². The zero-order valence-corrected chi connectivity index (χ0v) is 34.1. The van der Waals surface area contributed by atoms with Crippen LogP contribution in [-0.4, -0.2) is 141 Å². The van der Waals surface area contributed by atoms with Crippen molar-refractivity contribution in [3.63, 3.8) is 0 Å². The van der Waals surface area contributed by atoms with Crippen molar-refractivity contribution < 1.29 is 0 Å². The molecular formula is C28H74N6Si4. The SMILES string of the molecule is CCN(C)C(CN([Si](C)(C)C)[Si](C)(C)C)N(C)CC.CCN(CC)C(CN([Si](C)(C)C)[Si](C)(C)C)N(C)C. The second kappa shape index (κ2) is 16.9. The van der Waals surface area contributed by atoms with Crippen LogP contribution in [0.2, 0.25) is 78.6 Å². The molecule has 0 rings (SSSR count). The summed E-state index contributed by atoms with van der Waals surface area (Å²) in [5.74, 6) is 0. The van der Waals surface area contributed by atoms with Crippen LogP contribution in [0.1, 0.15) is 27.7 Å². The Bertz CT molecular complexity index is 549. The lowest BCUT2D eigenvalue weighted by atomic mass is 10.3. The van der Waals surface area contributed by atoms with E-state index in [0.29, 0.717) is 12.3 Å². The molecule has 0 bridgehead atoms. The maximum Gasteiger partial charge on any atom is 0.112 e. The zero-order chi connectivity index (χ0) is 30.9. The van der Waals surface area contributed by atoms with Gasteiger partial charge in [0.25, 0.3) is 0 Å². The van der Waals surface area contributed by atoms with E-state index in [9.17, 15) is 0 Å². The van der Waals surface area contributed by atoms with Crippen molar-refractivity contribution in [2.24, 2.45) is 0 Å². The zero-order valence-electron chi connectivity index (χ0n) is 30.1. The van der Waals surface area contributed by atoms with Crippen LogP contribution >= 0.6 is 0 Å². The van der Waals surface area contributed by atoms with E-state index < -0.39 is 32.9 Å². The molecular weight excluding hydrogens is 533 g/mol. The Kier molecular flexibility index (Phi) is 18.1. The lowest BCUT2D eigenvalue weighted by Crippen LogP contribution is -2.64. The highest BCUT2D eigenvalue weighted by molar-refractivity contribution is 6.90. The van der Waals surface area contributed by atoms with E-state index in [1.807, 2.05) is 0 Å². The monoisotopic (exact) mass is 607 g/mol. The molecule has 0 aromatic rings. The molecule has 1 atom stereocenters. The Morgan fingerprint density at radius 3 is 0.868 bits per heavy atom. The summed E-state index contributed by atoms with van der Waals surface area (Å²) in [5, 5.41) is 0. The van der Waals surface area contributed by atoms with Crippen molar-refractivity contribution in [3.8, 4) is 0 Å². The topological polar surface area (TPSA) is 19.4 Å². The third-order valence-electron chi connectivity index (χ3n) is 7.78. The molecule has 0 amide bonds. The Balaban J connectivity index is 0. The van der Waals surface area contributed by atoms with E-state index in [2.05, 4.69) is 163 Å². The molecule has 232 valence electrons. The number of likely N-dealkylation sites (N-methyl/N-ethyl adjacent to an activating group) is 4. The molecule has 0 N–H and O–H groups in total. The summed E-state index contributed by atoms with van der Waals surface area (Å²) in [4.78, 5) is 9.93. The van der Waals surface area contributed by atoms with Gasteiger partial charge >= 0.3 is 0 Å². The fraction of sp³-hybridized carbons (Fsp3) is 1.00. The smallest absolute Gasteiger partial charge is 0.112 e. The number of rotatable bonds is 16. The fourth-order valence-corrected chi connectivity index (χ4v) is 24.7. The Hall–Kier alpha value is 0.628. The average Bonchev–Trinajstić information content (AvgIpc) is 2.72. The average molecular weight is 607 g/mol. The van der Waals surface area contributed by atoms with Gasteiger partial charge in [0.05, 0.1) is 12.3 Å². The summed E-state index contributed by atoms with van der Waals surface area (Å²) in [6.07, 6.45) is 1.07. The highest BCUT2D eigenvalue weighted by Gasteiger charge is 2.38. The van der Waals surface area contributed by atoms with Crippen LogP contribution in [0.25, 0.3) is 0 Å². The third kappa shape index (κ3) is 14.5. The van der Waals surface area contributed by atoms with E-state index >= 15 is 0 Å². The molecule has 6 nitrogen and oxygen atoms in total. The van der Waals surface area contributed by atoms with Gasteiger partial charge in [-0.3, -0.25) is 19.6 Å². The van der Waals surface area contributed by atoms with Crippen LogP contribution in [0.5, 0.6) is 0 Å². The summed E-state index contributed by atoms with van der Waals surface area (Å²) in [7, 11) is 3.90. The summed E-state index contributed by atoms with van der Waals surface area (Å²) >= 11 is 0. The summed E-state index contributed by atoms with van der Waals surface area (Å²) in [6.45, 7) is 45.8. The molecule has 38 heavy (non-hydrogen) atoms. The van der Waals surface area contributed by atoms with E-state index in [1.165, 1.54) is 13.1 Å². The fourth-order valence-electron chi connectivity index (χ4n) is 5.72. The van der Waals surface area contributed by atoms with Crippen molar-refractivity contribution in [1.82, 2.24) is 28.1 Å². The van der Waals surface area contributed by atoms with E-state index in [1.54, 1.807) is 0 Å². The van der Waals surface area contributed by atoms with Gasteiger partial charge < -0.3 is 8.46 Å². The van der Waals surface area contributed by atoms with Gasteiger partial charge in [0.2, 0.25) is 0 Å². The lowest BCUT2D eigenvalue weighted by Gasteiger charge is -2.48. The minimum Gasteiger partial charge on any atom is -0.343 e. The number of hydrogen-bond acceptors (Lipinski definition) is 6. The van der Waals surface area contributed by atoms with Crippen molar-refractivity contribution in [2.75, 3.05) is 67.5 Å². The Morgan fingerprint density at radius 1 is 0.421 bits per heavy atom. The van der Waals surface area contributed by atoms with Crippen LogP contribution in [0.15, 0.2) is 0 Å². The molecule has 0 fully saturated rings. The van der Waals surface area contributed by atoms with E-state index in [4.69, 9.17) is 0 Å². The quantitative estimate of drug-likeness (QED) is 0.149. The molecule has 0 heterocycles. The maximum atomic E-state index is 2.89. The molecule has 10 heteroatoms. The molecule has 0 aliphatic rings. The number of hydrogen-bond donors (Lipinski definition) is 0. The molecule has 0 aromatic carbocycles. The first-order valence-electron chi connectivity index (χ1n) is 15.3. The molecule has 0 radical (unpaired) electrons. The molecule has 0 aromatic heterocycles. The largest absolute Gasteiger partial charge is 0.343 e. The molecule has 0 spiro atoms. The Labute approximate surface area is 246 Å². The van der Waals surface area contributed by atoms with Crippen LogP contribution in [0, 0.1) is 0 Å². The minimum absolute atomic E-state index is 0.536. The van der Waals surface area contributed by atoms with Crippen molar-refractivity contribution in [1.29, 1.82) is 0 Å². The minimum atomic E-state index is -1.26. The van der Waals surface area contributed by atoms with Gasteiger partial charge in [0, 0.05) is 13.1 Å². The third-order valence-corrected chi connectivity index (χ3v) is 23.0. The van der Waals surface area contributed by atoms with E-state index in [-0.39, 0.29) is 0 Å². The van der Waals surface area contributed by atoms with Crippen LogP contribution in [0.3, 0.4) is 0 Å². The van der Waals surface area contributed by atoms with Gasteiger partial charge in [0.1, 0.15) is 32.9 Å². The highest BCUT2D eigenvalue weighted by atomic mass is 28.4. The van der Waals surface area contributed by atoms with Gasteiger partial charge in [-0.05, 0) is 54.4 Å². The highest BCUT2D eigenvalue weighted by Crippen LogP contribution is 2.23. The Morgan fingerprint density at radius 2 is 0.684 bits per heavy atom. The summed E-state index contributed by atoms with van der Waals surface area (Å²) in [6, 6.07) is 0. The lowest BCUT2D eigenvalue weighted by molar-refractivity contribution is 0.0801. The standard InChI is InChI=1S/2C14H37N3Si2/c1-11-15(3)14(16(4)12-2)13-17(18(5,6)7)19(8,9)10;1-11-16(12-2)14(15(3)4)13-17(18(5,6)7)19(8,9)10/h2*14H,11-13H2,1-10H3. The molecule has 1 unspecified atom stereocenters. The summed E-state index contributed by atoms with van der Waals surface area (Å²) in [5.41, 5.74) is 0. The summed E-state index contributed by atoms with van der Waals surface area (Å²) < 4.78 is 5.78. The second-order valence-corrected chi connectivity index (χ2v) is 35.6. The first-order chi connectivity index (χ1) is 16.9. The van der Waals surface area contributed by atoms with Gasteiger partial charge in [-0.15, -0.1) is 0 Å². The molecule has 0 saturated heterocycles. The molecule has 0 saturated carbocycles. The van der Waals surface area contributed by atoms with Gasteiger partial charge in [-0.2, -0.15) is 0 Å². The van der Waals surface area contributed by atoms with Crippen molar-refractivity contribution >= 4 is 32.9 Å². The van der Waals surface area contributed by atoms with Gasteiger partial charge in [-0.1, -0.05) is 106 Å². The predicted octanol–water partition coefficient (Wildman–Crippen LogP) is 6.38. The normalized spacial score (nSPS) is 14.9. The van der Waals surface area contributed by atoms with Crippen LogP contribution < -0.4 is 0 Å². The first kappa shape index (κ1) is 40.8. The number of nitrogens with zero attached hydrogens (tertiary/aromatic N) is 6. The van der Waals surface area contributed by atoms with E-state index in [0.717, 1.165) is 26.2 Å².